The van der Waals surface area contributed by atoms with Gasteiger partial charge in [0.1, 0.15) is 24.4 Å². The number of halogens is 3. The number of fused-ring (bicyclic) bond motifs is 1. The van der Waals surface area contributed by atoms with E-state index in [4.69, 9.17) is 9.15 Å². The highest BCUT2D eigenvalue weighted by molar-refractivity contribution is 5.73. The van der Waals surface area contributed by atoms with Gasteiger partial charge in [0.25, 0.3) is 5.82 Å². The molecule has 4 aromatic rings. The second-order valence-electron chi connectivity index (χ2n) is 7.86. The number of carbonyl (C=O) groups is 1. The molecule has 1 saturated heterocycles. The smallest absolute Gasteiger partial charge is 0.453 e. The van der Waals surface area contributed by atoms with Crippen molar-refractivity contribution < 1.29 is 27.1 Å². The van der Waals surface area contributed by atoms with E-state index in [1.54, 1.807) is 6.07 Å². The molecule has 4 heterocycles. The van der Waals surface area contributed by atoms with Gasteiger partial charge >= 0.3 is 12.1 Å². The fourth-order valence-corrected chi connectivity index (χ4v) is 3.82. The standard InChI is InChI=1S/C22H19F3N6O3/c23-22(24,25)21-28-27-17-6-7-18(29-31(17)21)30-10-8-15(9-11-30)20(32)34-13-16-12-33-19(26-16)14-4-2-1-3-5-14/h1-7,12,15H,8-11,13H2. The van der Waals surface area contributed by atoms with E-state index >= 15 is 0 Å². The summed E-state index contributed by atoms with van der Waals surface area (Å²) in [5.74, 6) is -1.02. The molecule has 3 aromatic heterocycles. The number of alkyl halides is 3. The van der Waals surface area contributed by atoms with Crippen LogP contribution >= 0.6 is 0 Å². The highest BCUT2D eigenvalue weighted by Crippen LogP contribution is 2.29. The highest BCUT2D eigenvalue weighted by atomic mass is 19.4. The van der Waals surface area contributed by atoms with Crippen molar-refractivity contribution in [1.29, 1.82) is 0 Å². The molecule has 34 heavy (non-hydrogen) atoms. The second-order valence-corrected chi connectivity index (χ2v) is 7.86. The Morgan fingerprint density at radius 1 is 1.09 bits per heavy atom. The first-order valence-corrected chi connectivity index (χ1v) is 10.6. The summed E-state index contributed by atoms with van der Waals surface area (Å²) in [4.78, 5) is 18.7. The molecule has 176 valence electrons. The Morgan fingerprint density at radius 2 is 1.85 bits per heavy atom. The number of ether oxygens (including phenoxy) is 1. The van der Waals surface area contributed by atoms with Gasteiger partial charge in [-0.15, -0.1) is 15.3 Å². The number of esters is 1. The van der Waals surface area contributed by atoms with Crippen LogP contribution in [0.3, 0.4) is 0 Å². The van der Waals surface area contributed by atoms with Crippen LogP contribution < -0.4 is 4.90 Å². The SMILES string of the molecule is O=C(OCc1coc(-c2ccccc2)n1)C1CCN(c2ccc3nnc(C(F)(F)F)n3n2)CC1. The molecule has 0 N–H and O–H groups in total. The van der Waals surface area contributed by atoms with Crippen LogP contribution in [0, 0.1) is 5.92 Å². The number of benzene rings is 1. The first-order chi connectivity index (χ1) is 16.4. The molecule has 0 saturated carbocycles. The quantitative estimate of drug-likeness (QED) is 0.405. The van der Waals surface area contributed by atoms with E-state index in [0.29, 0.717) is 47.8 Å². The summed E-state index contributed by atoms with van der Waals surface area (Å²) in [6, 6.07) is 12.4. The van der Waals surface area contributed by atoms with Gasteiger partial charge < -0.3 is 14.1 Å². The summed E-state index contributed by atoms with van der Waals surface area (Å²) >= 11 is 0. The maximum atomic E-state index is 13.1. The van der Waals surface area contributed by atoms with E-state index in [1.165, 1.54) is 12.3 Å². The summed E-state index contributed by atoms with van der Waals surface area (Å²) < 4.78 is 50.9. The number of piperidine rings is 1. The van der Waals surface area contributed by atoms with Crippen LogP contribution in [0.25, 0.3) is 17.1 Å². The fourth-order valence-electron chi connectivity index (χ4n) is 3.82. The fraction of sp³-hybridized carbons (Fsp3) is 0.318. The number of aromatic nitrogens is 5. The van der Waals surface area contributed by atoms with Gasteiger partial charge in [0.15, 0.2) is 5.65 Å². The highest BCUT2D eigenvalue weighted by Gasteiger charge is 2.38. The summed E-state index contributed by atoms with van der Waals surface area (Å²) in [6.45, 7) is 0.898. The minimum Gasteiger partial charge on any atom is -0.459 e. The van der Waals surface area contributed by atoms with Gasteiger partial charge in [0.2, 0.25) is 5.89 Å². The Kier molecular flexibility index (Phi) is 5.64. The lowest BCUT2D eigenvalue weighted by Crippen LogP contribution is -2.37. The lowest BCUT2D eigenvalue weighted by molar-refractivity contribution is -0.150. The number of anilines is 1. The molecule has 0 unspecified atom stereocenters. The zero-order valence-corrected chi connectivity index (χ0v) is 17.8. The lowest BCUT2D eigenvalue weighted by atomic mass is 9.97. The second kappa shape index (κ2) is 8.76. The third-order valence-corrected chi connectivity index (χ3v) is 5.59. The van der Waals surface area contributed by atoms with Crippen molar-refractivity contribution in [2.24, 2.45) is 5.92 Å². The summed E-state index contributed by atoms with van der Waals surface area (Å²) in [5, 5.41) is 10.8. The van der Waals surface area contributed by atoms with Crippen molar-refractivity contribution in [2.75, 3.05) is 18.0 Å². The zero-order chi connectivity index (χ0) is 23.7. The average Bonchev–Trinajstić information content (AvgIpc) is 3.50. The molecule has 0 radical (unpaired) electrons. The minimum absolute atomic E-state index is 0.00144. The first-order valence-electron chi connectivity index (χ1n) is 10.6. The van der Waals surface area contributed by atoms with Crippen molar-refractivity contribution in [3.05, 3.63) is 60.2 Å². The number of oxazole rings is 1. The number of rotatable bonds is 5. The molecule has 1 aliphatic heterocycles. The molecule has 0 amide bonds. The van der Waals surface area contributed by atoms with Gasteiger partial charge in [-0.25, -0.2) is 4.98 Å². The molecule has 0 aliphatic carbocycles. The van der Waals surface area contributed by atoms with E-state index in [0.717, 1.165) is 5.56 Å². The molecule has 1 aliphatic rings. The largest absolute Gasteiger partial charge is 0.459 e. The molecule has 1 aromatic carbocycles. The van der Waals surface area contributed by atoms with Crippen LogP contribution in [-0.2, 0) is 22.3 Å². The Balaban J connectivity index is 1.17. The van der Waals surface area contributed by atoms with E-state index in [9.17, 15) is 18.0 Å². The molecule has 1 fully saturated rings. The van der Waals surface area contributed by atoms with Crippen molar-refractivity contribution in [2.45, 2.75) is 25.6 Å². The summed E-state index contributed by atoms with van der Waals surface area (Å²) in [5.41, 5.74) is 1.35. The average molecular weight is 472 g/mol. The van der Waals surface area contributed by atoms with Crippen molar-refractivity contribution >= 4 is 17.4 Å². The molecular formula is C22H19F3N6O3. The van der Waals surface area contributed by atoms with Crippen LogP contribution in [0.15, 0.2) is 53.1 Å². The zero-order valence-electron chi connectivity index (χ0n) is 17.8. The Hall–Kier alpha value is -3.96. The number of hydrogen-bond donors (Lipinski definition) is 0. The molecule has 5 rings (SSSR count). The van der Waals surface area contributed by atoms with Gasteiger partial charge in [-0.05, 0) is 37.1 Å². The minimum atomic E-state index is -4.66. The van der Waals surface area contributed by atoms with Crippen LogP contribution in [-0.4, -0.2) is 43.9 Å². The molecule has 9 nitrogen and oxygen atoms in total. The number of nitrogens with zero attached hydrogens (tertiary/aromatic N) is 6. The molecule has 0 atom stereocenters. The predicted octanol–water partition coefficient (Wildman–Crippen LogP) is 3.76. The van der Waals surface area contributed by atoms with Crippen LogP contribution in [0.5, 0.6) is 0 Å². The molecule has 0 bridgehead atoms. The van der Waals surface area contributed by atoms with Gasteiger partial charge in [-0.2, -0.15) is 17.7 Å². The van der Waals surface area contributed by atoms with Gasteiger partial charge in [-0.3, -0.25) is 4.79 Å². The first kappa shape index (κ1) is 21.9. The molecule has 12 heteroatoms. The third kappa shape index (κ3) is 4.43. The van der Waals surface area contributed by atoms with Crippen LogP contribution in [0.2, 0.25) is 0 Å². The monoisotopic (exact) mass is 472 g/mol. The maximum Gasteiger partial charge on any atom is 0.453 e. The Bertz CT molecular complexity index is 1300. The van der Waals surface area contributed by atoms with E-state index < -0.39 is 12.0 Å². The van der Waals surface area contributed by atoms with Gasteiger partial charge in [-0.1, -0.05) is 18.2 Å². The Morgan fingerprint density at radius 3 is 2.59 bits per heavy atom. The lowest BCUT2D eigenvalue weighted by Gasteiger charge is -2.31. The van der Waals surface area contributed by atoms with E-state index in [2.05, 4.69) is 20.3 Å². The van der Waals surface area contributed by atoms with E-state index in [-0.39, 0.29) is 24.1 Å². The van der Waals surface area contributed by atoms with Crippen molar-refractivity contribution in [1.82, 2.24) is 24.8 Å². The predicted molar refractivity (Wildman–Crippen MR) is 112 cm³/mol. The molecule has 0 spiro atoms. The summed E-state index contributed by atoms with van der Waals surface area (Å²) in [6.07, 6.45) is -2.23. The van der Waals surface area contributed by atoms with E-state index in [1.807, 2.05) is 35.2 Å². The topological polar surface area (TPSA) is 98.7 Å². The van der Waals surface area contributed by atoms with Crippen LogP contribution in [0.1, 0.15) is 24.4 Å². The van der Waals surface area contributed by atoms with Crippen molar-refractivity contribution in [3.63, 3.8) is 0 Å². The third-order valence-electron chi connectivity index (χ3n) is 5.59. The molecular weight excluding hydrogens is 453 g/mol. The normalized spacial score (nSPS) is 15.1. The summed E-state index contributed by atoms with van der Waals surface area (Å²) in [7, 11) is 0. The van der Waals surface area contributed by atoms with Crippen molar-refractivity contribution in [3.8, 4) is 11.5 Å². The van der Waals surface area contributed by atoms with Gasteiger partial charge in [0, 0.05) is 18.7 Å². The van der Waals surface area contributed by atoms with Crippen LogP contribution in [0.4, 0.5) is 19.0 Å². The maximum absolute atomic E-state index is 13.1. The van der Waals surface area contributed by atoms with Gasteiger partial charge in [0.05, 0.1) is 5.92 Å². The Labute approximate surface area is 191 Å². The number of carbonyl (C=O) groups excluding carboxylic acids is 1. The number of hydrogen-bond acceptors (Lipinski definition) is 8.